The van der Waals surface area contributed by atoms with E-state index in [0.29, 0.717) is 0 Å². The van der Waals surface area contributed by atoms with Crippen LogP contribution in [0.15, 0.2) is 12.1 Å². The summed E-state index contributed by atoms with van der Waals surface area (Å²) in [6, 6.07) is 1.89. The second kappa shape index (κ2) is 7.56. The molecule has 9 nitrogen and oxygen atoms in total. The fourth-order valence-electron chi connectivity index (χ4n) is 1.79. The van der Waals surface area contributed by atoms with Crippen molar-refractivity contribution in [2.75, 3.05) is 10.6 Å². The molecular formula is C13H12ClF3N6O3. The van der Waals surface area contributed by atoms with Gasteiger partial charge in [-0.1, -0.05) is 23.6 Å². The van der Waals surface area contributed by atoms with Gasteiger partial charge in [0.25, 0.3) is 5.91 Å². The number of nitrogens with zero attached hydrogens (tertiary/aromatic N) is 4. The van der Waals surface area contributed by atoms with E-state index >= 15 is 0 Å². The largest absolute Gasteiger partial charge is 0.573 e. The van der Waals surface area contributed by atoms with Gasteiger partial charge in [0.2, 0.25) is 11.9 Å². The van der Waals surface area contributed by atoms with E-state index in [1.165, 1.54) is 14.0 Å². The van der Waals surface area contributed by atoms with Gasteiger partial charge in [-0.3, -0.25) is 14.9 Å². The SMILES string of the molecule is CCC(=O)Nc1c(OC(F)(F)F)ccc(C(=O)Nc2nnnn2C)c1Cl. The third kappa shape index (κ3) is 4.59. The van der Waals surface area contributed by atoms with Crippen molar-refractivity contribution in [2.45, 2.75) is 19.7 Å². The summed E-state index contributed by atoms with van der Waals surface area (Å²) in [4.78, 5) is 23.9. The van der Waals surface area contributed by atoms with Crippen LogP contribution in [-0.2, 0) is 11.8 Å². The predicted molar refractivity (Wildman–Crippen MR) is 83.8 cm³/mol. The van der Waals surface area contributed by atoms with Crippen LogP contribution in [0.3, 0.4) is 0 Å². The maximum atomic E-state index is 12.5. The Hall–Kier alpha value is -2.89. The summed E-state index contributed by atoms with van der Waals surface area (Å²) < 4.78 is 42.6. The molecule has 0 atom stereocenters. The maximum Gasteiger partial charge on any atom is 0.573 e. The Bertz CT molecular complexity index is 839. The second-order valence-electron chi connectivity index (χ2n) is 4.83. The number of alkyl halides is 3. The first-order valence-electron chi connectivity index (χ1n) is 7.04. The zero-order chi connectivity index (χ0) is 19.5. The maximum absolute atomic E-state index is 12.5. The Morgan fingerprint density at radius 3 is 2.54 bits per heavy atom. The number of hydrogen-bond acceptors (Lipinski definition) is 6. The Kier molecular flexibility index (Phi) is 5.65. The van der Waals surface area contributed by atoms with Gasteiger partial charge in [0.05, 0.1) is 10.6 Å². The van der Waals surface area contributed by atoms with E-state index in [-0.39, 0.29) is 17.9 Å². The lowest BCUT2D eigenvalue weighted by Crippen LogP contribution is -2.21. The molecule has 0 aliphatic heterocycles. The average Bonchev–Trinajstić information content (AvgIpc) is 2.94. The number of anilines is 2. The first-order chi connectivity index (χ1) is 12.1. The van der Waals surface area contributed by atoms with Crippen molar-refractivity contribution in [2.24, 2.45) is 7.05 Å². The Balaban J connectivity index is 2.41. The van der Waals surface area contributed by atoms with Crippen molar-refractivity contribution < 1.29 is 27.5 Å². The molecule has 2 N–H and O–H groups in total. The Labute approximate surface area is 149 Å². The summed E-state index contributed by atoms with van der Waals surface area (Å²) in [7, 11) is 1.46. The molecule has 0 saturated carbocycles. The van der Waals surface area contributed by atoms with E-state index in [2.05, 4.69) is 30.9 Å². The highest BCUT2D eigenvalue weighted by molar-refractivity contribution is 6.37. The Morgan fingerprint density at radius 2 is 2.00 bits per heavy atom. The first kappa shape index (κ1) is 19.4. The van der Waals surface area contributed by atoms with E-state index < -0.39 is 34.6 Å². The number of carbonyl (C=O) groups is 2. The molecule has 2 amide bonds. The number of carbonyl (C=O) groups excluding carboxylic acids is 2. The molecule has 0 radical (unpaired) electrons. The van der Waals surface area contributed by atoms with Crippen LogP contribution < -0.4 is 15.4 Å². The molecule has 1 aromatic carbocycles. The van der Waals surface area contributed by atoms with Gasteiger partial charge < -0.3 is 10.1 Å². The van der Waals surface area contributed by atoms with Crippen molar-refractivity contribution in [1.82, 2.24) is 20.2 Å². The van der Waals surface area contributed by atoms with E-state index in [1.54, 1.807) is 0 Å². The van der Waals surface area contributed by atoms with Crippen LogP contribution in [-0.4, -0.2) is 38.4 Å². The van der Waals surface area contributed by atoms with Crippen LogP contribution >= 0.6 is 11.6 Å². The van der Waals surface area contributed by atoms with Crippen molar-refractivity contribution in [3.05, 3.63) is 22.7 Å². The zero-order valence-corrected chi connectivity index (χ0v) is 14.1. The van der Waals surface area contributed by atoms with Crippen LogP contribution in [0.5, 0.6) is 5.75 Å². The molecule has 0 bridgehead atoms. The standard InChI is InChI=1S/C13H12ClF3N6O3/c1-3-8(24)18-10-7(26-13(15,16)17)5-4-6(9(10)14)11(25)19-12-20-21-22-23(12)2/h4-5H,3H2,1-2H3,(H,18,24)(H,19,20,22,25). The number of hydrogen-bond donors (Lipinski definition) is 2. The number of halogens is 4. The minimum Gasteiger partial charge on any atom is -0.404 e. The van der Waals surface area contributed by atoms with Crippen molar-refractivity contribution >= 4 is 35.1 Å². The van der Waals surface area contributed by atoms with E-state index in [0.717, 1.165) is 16.8 Å². The molecule has 1 heterocycles. The monoisotopic (exact) mass is 392 g/mol. The molecule has 2 aromatic rings. The van der Waals surface area contributed by atoms with E-state index in [9.17, 15) is 22.8 Å². The molecule has 140 valence electrons. The second-order valence-corrected chi connectivity index (χ2v) is 5.21. The molecule has 0 spiro atoms. The van der Waals surface area contributed by atoms with E-state index in [1.807, 2.05) is 0 Å². The average molecular weight is 393 g/mol. The molecule has 0 aliphatic rings. The number of rotatable bonds is 5. The van der Waals surface area contributed by atoms with Gasteiger partial charge >= 0.3 is 6.36 Å². The molecule has 26 heavy (non-hydrogen) atoms. The number of nitrogens with one attached hydrogen (secondary N) is 2. The summed E-state index contributed by atoms with van der Waals surface area (Å²) in [6.07, 6.45) is -5.04. The highest BCUT2D eigenvalue weighted by atomic mass is 35.5. The van der Waals surface area contributed by atoms with E-state index in [4.69, 9.17) is 11.6 Å². The molecule has 0 unspecified atom stereocenters. The third-order valence-electron chi connectivity index (χ3n) is 3.01. The highest BCUT2D eigenvalue weighted by Crippen LogP contribution is 2.38. The van der Waals surface area contributed by atoms with Gasteiger partial charge in [0.15, 0.2) is 5.75 Å². The lowest BCUT2D eigenvalue weighted by molar-refractivity contribution is -0.274. The number of tetrazole rings is 1. The number of benzene rings is 1. The molecule has 0 aliphatic carbocycles. The Morgan fingerprint density at radius 1 is 1.31 bits per heavy atom. The highest BCUT2D eigenvalue weighted by Gasteiger charge is 2.33. The van der Waals surface area contributed by atoms with Crippen LogP contribution in [0.2, 0.25) is 5.02 Å². The first-order valence-corrected chi connectivity index (χ1v) is 7.42. The van der Waals surface area contributed by atoms with Gasteiger partial charge in [-0.05, 0) is 22.6 Å². The van der Waals surface area contributed by atoms with Gasteiger partial charge in [0.1, 0.15) is 5.69 Å². The van der Waals surface area contributed by atoms with Crippen LogP contribution in [0, 0.1) is 0 Å². The molecule has 0 fully saturated rings. The fraction of sp³-hybridized carbons (Fsp3) is 0.308. The van der Waals surface area contributed by atoms with Crippen LogP contribution in [0.25, 0.3) is 0 Å². The summed E-state index contributed by atoms with van der Waals surface area (Å²) in [5, 5.41) is 14.5. The molecule has 0 saturated heterocycles. The molecule has 1 aromatic heterocycles. The zero-order valence-electron chi connectivity index (χ0n) is 13.4. The van der Waals surface area contributed by atoms with Gasteiger partial charge in [-0.2, -0.15) is 0 Å². The van der Waals surface area contributed by atoms with Crippen molar-refractivity contribution in [1.29, 1.82) is 0 Å². The number of amides is 2. The summed E-state index contributed by atoms with van der Waals surface area (Å²) in [5.74, 6) is -2.17. The predicted octanol–water partition coefficient (Wildman–Crippen LogP) is 2.36. The lowest BCUT2D eigenvalue weighted by atomic mass is 10.1. The molecular weight excluding hydrogens is 381 g/mol. The molecule has 2 rings (SSSR count). The van der Waals surface area contributed by atoms with Crippen molar-refractivity contribution in [3.63, 3.8) is 0 Å². The lowest BCUT2D eigenvalue weighted by Gasteiger charge is -2.17. The van der Waals surface area contributed by atoms with Gasteiger partial charge in [-0.15, -0.1) is 13.2 Å². The fourth-order valence-corrected chi connectivity index (χ4v) is 2.08. The smallest absolute Gasteiger partial charge is 0.404 e. The van der Waals surface area contributed by atoms with Crippen LogP contribution in [0.1, 0.15) is 23.7 Å². The summed E-state index contributed by atoms with van der Waals surface area (Å²) >= 11 is 6.04. The quantitative estimate of drug-likeness (QED) is 0.808. The van der Waals surface area contributed by atoms with Gasteiger partial charge in [0, 0.05) is 13.5 Å². The number of ether oxygens (including phenoxy) is 1. The molecule has 13 heteroatoms. The minimum absolute atomic E-state index is 0.0131. The minimum atomic E-state index is -5.01. The summed E-state index contributed by atoms with van der Waals surface area (Å²) in [6.45, 7) is 1.49. The summed E-state index contributed by atoms with van der Waals surface area (Å²) in [5.41, 5.74) is -0.685. The topological polar surface area (TPSA) is 111 Å². The van der Waals surface area contributed by atoms with Crippen molar-refractivity contribution in [3.8, 4) is 5.75 Å². The third-order valence-corrected chi connectivity index (χ3v) is 3.40. The van der Waals surface area contributed by atoms with Crippen LogP contribution in [0.4, 0.5) is 24.8 Å². The normalized spacial score (nSPS) is 11.2. The number of aromatic nitrogens is 4. The van der Waals surface area contributed by atoms with Gasteiger partial charge in [-0.25, -0.2) is 4.68 Å². The number of aryl methyl sites for hydroxylation is 1.